The van der Waals surface area contributed by atoms with Gasteiger partial charge in [-0.15, -0.1) is 11.8 Å². The van der Waals surface area contributed by atoms with Gasteiger partial charge in [-0.1, -0.05) is 25.1 Å². The molecule has 0 bridgehead atoms. The van der Waals surface area contributed by atoms with Gasteiger partial charge in [0.15, 0.2) is 0 Å². The molecule has 1 saturated heterocycles. The predicted molar refractivity (Wildman–Crippen MR) is 111 cm³/mol. The first kappa shape index (κ1) is 18.1. The highest BCUT2D eigenvalue weighted by molar-refractivity contribution is 8.00. The molecule has 1 fully saturated rings. The van der Waals surface area contributed by atoms with Crippen LogP contribution in [0.5, 0.6) is 0 Å². The standard InChI is InChI=1S/C22H24N2O2S/c1-2-4-20(25)23-18-10-7-16(8-11-18)22-24(21(26)14-27-22)19-12-9-15-5-3-6-17(15)13-19/h7-13,22H,2-6,14H2,1H3,(H,23,25)/t22-/m1/s1. The summed E-state index contributed by atoms with van der Waals surface area (Å²) in [6, 6.07) is 14.3. The van der Waals surface area contributed by atoms with Crippen LogP contribution in [0.15, 0.2) is 42.5 Å². The van der Waals surface area contributed by atoms with Gasteiger partial charge in [0.2, 0.25) is 11.8 Å². The van der Waals surface area contributed by atoms with Gasteiger partial charge in [-0.05, 0) is 66.6 Å². The molecule has 27 heavy (non-hydrogen) atoms. The van der Waals surface area contributed by atoms with Crippen LogP contribution >= 0.6 is 11.8 Å². The van der Waals surface area contributed by atoms with Crippen molar-refractivity contribution in [1.29, 1.82) is 0 Å². The van der Waals surface area contributed by atoms with Gasteiger partial charge >= 0.3 is 0 Å². The second-order valence-electron chi connectivity index (χ2n) is 7.15. The average molecular weight is 381 g/mol. The maximum atomic E-state index is 12.6. The first-order valence-corrected chi connectivity index (χ1v) is 10.7. The van der Waals surface area contributed by atoms with E-state index < -0.39 is 0 Å². The molecule has 4 nitrogen and oxygen atoms in total. The molecular formula is C22H24N2O2S. The van der Waals surface area contributed by atoms with E-state index in [4.69, 9.17) is 0 Å². The van der Waals surface area contributed by atoms with E-state index in [-0.39, 0.29) is 17.2 Å². The van der Waals surface area contributed by atoms with Gasteiger partial charge in [0.1, 0.15) is 5.37 Å². The van der Waals surface area contributed by atoms with E-state index in [2.05, 4.69) is 23.5 Å². The highest BCUT2D eigenvalue weighted by Gasteiger charge is 2.34. The molecule has 0 aromatic heterocycles. The maximum absolute atomic E-state index is 12.6. The quantitative estimate of drug-likeness (QED) is 0.818. The minimum absolute atomic E-state index is 0.0163. The Morgan fingerprint density at radius 3 is 2.70 bits per heavy atom. The number of rotatable bonds is 5. The molecule has 0 spiro atoms. The van der Waals surface area contributed by atoms with E-state index in [0.717, 1.165) is 36.2 Å². The molecule has 2 aromatic carbocycles. The Morgan fingerprint density at radius 1 is 1.15 bits per heavy atom. The molecule has 4 rings (SSSR count). The van der Waals surface area contributed by atoms with Gasteiger partial charge in [0.25, 0.3) is 0 Å². The van der Waals surface area contributed by atoms with Crippen LogP contribution < -0.4 is 10.2 Å². The van der Waals surface area contributed by atoms with E-state index in [1.54, 1.807) is 11.8 Å². The summed E-state index contributed by atoms with van der Waals surface area (Å²) < 4.78 is 0. The zero-order valence-corrected chi connectivity index (χ0v) is 16.3. The molecule has 2 aromatic rings. The number of thioether (sulfide) groups is 1. The van der Waals surface area contributed by atoms with Crippen molar-refractivity contribution in [1.82, 2.24) is 0 Å². The summed E-state index contributed by atoms with van der Waals surface area (Å²) in [5.41, 5.74) is 5.68. The number of nitrogens with one attached hydrogen (secondary N) is 1. The summed E-state index contributed by atoms with van der Waals surface area (Å²) >= 11 is 1.66. The number of hydrogen-bond donors (Lipinski definition) is 1. The third kappa shape index (κ3) is 3.74. The van der Waals surface area contributed by atoms with Crippen LogP contribution in [-0.2, 0) is 22.4 Å². The molecule has 1 aliphatic heterocycles. The Morgan fingerprint density at radius 2 is 1.93 bits per heavy atom. The van der Waals surface area contributed by atoms with Crippen molar-refractivity contribution in [3.05, 3.63) is 59.2 Å². The van der Waals surface area contributed by atoms with Gasteiger partial charge in [0, 0.05) is 17.8 Å². The summed E-state index contributed by atoms with van der Waals surface area (Å²) in [4.78, 5) is 26.3. The number of carbonyl (C=O) groups is 2. The second kappa shape index (κ2) is 7.77. The molecule has 5 heteroatoms. The SMILES string of the molecule is CCCC(=O)Nc1ccc([C@H]2SCC(=O)N2c2ccc3c(c2)CCC3)cc1. The summed E-state index contributed by atoms with van der Waals surface area (Å²) in [6.45, 7) is 1.99. The Kier molecular flexibility index (Phi) is 5.21. The minimum atomic E-state index is -0.0163. The van der Waals surface area contributed by atoms with E-state index in [1.807, 2.05) is 36.1 Å². The molecule has 1 aliphatic carbocycles. The minimum Gasteiger partial charge on any atom is -0.326 e. The monoisotopic (exact) mass is 380 g/mol. The number of anilines is 2. The van der Waals surface area contributed by atoms with Crippen LogP contribution in [0.1, 0.15) is 48.3 Å². The van der Waals surface area contributed by atoms with Crippen molar-refractivity contribution >= 4 is 35.0 Å². The zero-order chi connectivity index (χ0) is 18.8. The summed E-state index contributed by atoms with van der Waals surface area (Å²) in [5, 5.41) is 2.90. The van der Waals surface area contributed by atoms with Crippen molar-refractivity contribution in [2.45, 2.75) is 44.4 Å². The molecule has 2 amide bonds. The maximum Gasteiger partial charge on any atom is 0.238 e. The molecular weight excluding hydrogens is 356 g/mol. The lowest BCUT2D eigenvalue weighted by Gasteiger charge is -2.25. The lowest BCUT2D eigenvalue weighted by molar-refractivity contribution is -0.116. The van der Waals surface area contributed by atoms with Crippen LogP contribution in [0.2, 0.25) is 0 Å². The fraction of sp³-hybridized carbons (Fsp3) is 0.364. The summed E-state index contributed by atoms with van der Waals surface area (Å²) in [5.74, 6) is 0.690. The van der Waals surface area contributed by atoms with E-state index >= 15 is 0 Å². The van der Waals surface area contributed by atoms with E-state index in [0.29, 0.717) is 12.2 Å². The molecule has 2 aliphatic rings. The smallest absolute Gasteiger partial charge is 0.238 e. The third-order valence-electron chi connectivity index (χ3n) is 5.18. The largest absolute Gasteiger partial charge is 0.326 e. The van der Waals surface area contributed by atoms with Crippen molar-refractivity contribution in [2.24, 2.45) is 0 Å². The Labute approximate surface area is 164 Å². The van der Waals surface area contributed by atoms with Crippen LogP contribution in [-0.4, -0.2) is 17.6 Å². The highest BCUT2D eigenvalue weighted by Crippen LogP contribution is 2.42. The topological polar surface area (TPSA) is 49.4 Å². The van der Waals surface area contributed by atoms with Gasteiger partial charge in [-0.2, -0.15) is 0 Å². The highest BCUT2D eigenvalue weighted by atomic mass is 32.2. The van der Waals surface area contributed by atoms with Gasteiger partial charge in [0.05, 0.1) is 5.75 Å². The van der Waals surface area contributed by atoms with Crippen molar-refractivity contribution in [3.63, 3.8) is 0 Å². The van der Waals surface area contributed by atoms with Crippen LogP contribution in [0.3, 0.4) is 0 Å². The predicted octanol–water partition coefficient (Wildman–Crippen LogP) is 4.69. The number of aryl methyl sites for hydroxylation is 2. The van der Waals surface area contributed by atoms with Gasteiger partial charge < -0.3 is 5.32 Å². The Bertz CT molecular complexity index is 863. The normalized spacial score (nSPS) is 18.6. The Balaban J connectivity index is 1.55. The second-order valence-corrected chi connectivity index (χ2v) is 8.22. The van der Waals surface area contributed by atoms with Gasteiger partial charge in [-0.25, -0.2) is 0 Å². The number of amides is 2. The van der Waals surface area contributed by atoms with Crippen molar-refractivity contribution < 1.29 is 9.59 Å². The molecule has 1 atom stereocenters. The van der Waals surface area contributed by atoms with Gasteiger partial charge in [-0.3, -0.25) is 14.5 Å². The molecule has 140 valence electrons. The van der Waals surface area contributed by atoms with E-state index in [1.165, 1.54) is 17.5 Å². The summed E-state index contributed by atoms with van der Waals surface area (Å²) in [7, 11) is 0. The lowest BCUT2D eigenvalue weighted by Crippen LogP contribution is -2.27. The number of nitrogens with zero attached hydrogens (tertiary/aromatic N) is 1. The fourth-order valence-electron chi connectivity index (χ4n) is 3.84. The van der Waals surface area contributed by atoms with Crippen LogP contribution in [0.4, 0.5) is 11.4 Å². The first-order valence-electron chi connectivity index (χ1n) is 9.61. The zero-order valence-electron chi connectivity index (χ0n) is 15.5. The number of hydrogen-bond acceptors (Lipinski definition) is 3. The summed E-state index contributed by atoms with van der Waals surface area (Å²) in [6.07, 6.45) is 4.82. The number of carbonyl (C=O) groups excluding carboxylic acids is 2. The average Bonchev–Trinajstić information content (AvgIpc) is 3.28. The molecule has 0 saturated carbocycles. The molecule has 1 heterocycles. The fourth-order valence-corrected chi connectivity index (χ4v) is 5.02. The van der Waals surface area contributed by atoms with Crippen molar-refractivity contribution in [3.8, 4) is 0 Å². The third-order valence-corrected chi connectivity index (χ3v) is 6.40. The molecule has 1 N–H and O–H groups in total. The molecule has 0 unspecified atom stereocenters. The van der Waals surface area contributed by atoms with E-state index in [9.17, 15) is 9.59 Å². The number of fused-ring (bicyclic) bond motifs is 1. The van der Waals surface area contributed by atoms with Crippen molar-refractivity contribution in [2.75, 3.05) is 16.0 Å². The lowest BCUT2D eigenvalue weighted by atomic mass is 10.1. The first-order chi connectivity index (χ1) is 13.2. The molecule has 0 radical (unpaired) electrons. The Hall–Kier alpha value is -2.27. The van der Waals surface area contributed by atoms with Crippen LogP contribution in [0.25, 0.3) is 0 Å². The van der Waals surface area contributed by atoms with Crippen LogP contribution in [0, 0.1) is 0 Å². The number of benzene rings is 2.